The van der Waals surface area contributed by atoms with Gasteiger partial charge in [-0.05, 0) is 35.7 Å². The quantitative estimate of drug-likeness (QED) is 0.102. The molecule has 4 amide bonds. The van der Waals surface area contributed by atoms with E-state index in [-0.39, 0.29) is 18.6 Å². The van der Waals surface area contributed by atoms with E-state index in [1.807, 2.05) is 29.6 Å². The molecule has 43 heavy (non-hydrogen) atoms. The third-order valence-electron chi connectivity index (χ3n) is 6.49. The van der Waals surface area contributed by atoms with Crippen LogP contribution in [-0.4, -0.2) is 80.0 Å². The molecule has 0 aliphatic heterocycles. The molecule has 0 bridgehead atoms. The lowest BCUT2D eigenvalue weighted by molar-refractivity contribution is -0.144. The molecule has 0 saturated heterocycles. The van der Waals surface area contributed by atoms with Crippen LogP contribution < -0.4 is 27.4 Å². The molecular weight excluding hydrogens is 564 g/mol. The second kappa shape index (κ2) is 14.5. The number of amides is 4. The lowest BCUT2D eigenvalue weighted by atomic mass is 10.0. The molecule has 15 nitrogen and oxygen atoms in total. The van der Waals surface area contributed by atoms with E-state index in [2.05, 4.69) is 15.6 Å². The Morgan fingerprint density at radius 2 is 1.37 bits per heavy atom. The third-order valence-corrected chi connectivity index (χ3v) is 6.49. The van der Waals surface area contributed by atoms with Crippen LogP contribution >= 0.6 is 0 Å². The van der Waals surface area contributed by atoms with Crippen LogP contribution in [-0.2, 0) is 41.6 Å². The van der Waals surface area contributed by atoms with Gasteiger partial charge in [0.2, 0.25) is 23.6 Å². The van der Waals surface area contributed by atoms with Crippen molar-refractivity contribution in [2.75, 3.05) is 0 Å². The summed E-state index contributed by atoms with van der Waals surface area (Å²) in [5.74, 6) is -7.06. The zero-order valence-electron chi connectivity index (χ0n) is 22.8. The van der Waals surface area contributed by atoms with Crippen LogP contribution in [0, 0.1) is 0 Å². The van der Waals surface area contributed by atoms with Crippen molar-refractivity contribution >= 4 is 46.5 Å². The van der Waals surface area contributed by atoms with E-state index in [4.69, 9.17) is 11.5 Å². The Labute approximate surface area is 244 Å². The van der Waals surface area contributed by atoms with Crippen molar-refractivity contribution in [3.63, 3.8) is 0 Å². The maximum atomic E-state index is 13.4. The number of carboxylic acids is 2. The van der Waals surface area contributed by atoms with Crippen molar-refractivity contribution in [2.24, 2.45) is 11.5 Å². The number of carboxylic acid groups (broad SMARTS) is 2. The van der Waals surface area contributed by atoms with Gasteiger partial charge in [-0.1, -0.05) is 30.3 Å². The Kier molecular flexibility index (Phi) is 10.8. The predicted molar refractivity (Wildman–Crippen MR) is 151 cm³/mol. The van der Waals surface area contributed by atoms with E-state index in [9.17, 15) is 44.1 Å². The van der Waals surface area contributed by atoms with Gasteiger partial charge in [-0.2, -0.15) is 0 Å². The highest BCUT2D eigenvalue weighted by atomic mass is 16.4. The number of nitrogens with two attached hydrogens (primary N) is 2. The number of aromatic amines is 1. The van der Waals surface area contributed by atoms with E-state index in [0.717, 1.165) is 16.5 Å². The summed E-state index contributed by atoms with van der Waals surface area (Å²) in [6, 6.07) is 7.10. The monoisotopic (exact) mass is 596 g/mol. The summed E-state index contributed by atoms with van der Waals surface area (Å²) in [4.78, 5) is 76.5. The highest BCUT2D eigenvalue weighted by Gasteiger charge is 2.32. The van der Waals surface area contributed by atoms with Gasteiger partial charge in [0, 0.05) is 23.5 Å². The topological polar surface area (TPSA) is 267 Å². The maximum Gasteiger partial charge on any atom is 0.326 e. The van der Waals surface area contributed by atoms with Crippen LogP contribution in [0.3, 0.4) is 0 Å². The van der Waals surface area contributed by atoms with Crippen molar-refractivity contribution in [3.8, 4) is 5.75 Å². The number of fused-ring (bicyclic) bond motifs is 1. The molecule has 4 atom stereocenters. The van der Waals surface area contributed by atoms with Crippen molar-refractivity contribution < 1.29 is 44.1 Å². The van der Waals surface area contributed by atoms with Crippen LogP contribution in [0.25, 0.3) is 10.9 Å². The number of para-hydroxylation sites is 1. The average Bonchev–Trinajstić information content (AvgIpc) is 3.35. The van der Waals surface area contributed by atoms with E-state index in [0.29, 0.717) is 5.56 Å². The Hall–Kier alpha value is -5.44. The number of nitrogens with one attached hydrogen (secondary N) is 4. The van der Waals surface area contributed by atoms with Crippen LogP contribution in [0.1, 0.15) is 24.0 Å². The molecule has 4 unspecified atom stereocenters. The second-order valence-corrected chi connectivity index (χ2v) is 9.83. The summed E-state index contributed by atoms with van der Waals surface area (Å²) in [5.41, 5.74) is 13.3. The van der Waals surface area contributed by atoms with Gasteiger partial charge in [0.05, 0.1) is 18.9 Å². The van der Waals surface area contributed by atoms with Gasteiger partial charge < -0.3 is 47.7 Å². The number of aromatic nitrogens is 1. The molecule has 15 heteroatoms. The largest absolute Gasteiger partial charge is 0.508 e. The minimum atomic E-state index is -1.78. The van der Waals surface area contributed by atoms with Gasteiger partial charge in [-0.3, -0.25) is 24.0 Å². The number of hydrogen-bond donors (Lipinski definition) is 9. The molecule has 0 aliphatic rings. The van der Waals surface area contributed by atoms with Gasteiger partial charge in [0.15, 0.2) is 0 Å². The molecule has 0 aliphatic carbocycles. The van der Waals surface area contributed by atoms with Crippen molar-refractivity contribution in [3.05, 3.63) is 65.9 Å². The number of rotatable bonds is 15. The SMILES string of the molecule is NC(=O)CC(NC(=O)C(CC(=O)O)NC(=O)C(Cc1ccc(O)cc1)NC(=O)C(N)Cc1c[nH]c2ccccc12)C(=O)O. The minimum Gasteiger partial charge on any atom is -0.508 e. The number of phenols is 1. The highest BCUT2D eigenvalue weighted by molar-refractivity contribution is 5.96. The van der Waals surface area contributed by atoms with Crippen molar-refractivity contribution in [1.29, 1.82) is 0 Å². The molecule has 0 spiro atoms. The first-order valence-corrected chi connectivity index (χ1v) is 13.1. The molecule has 3 aromatic rings. The van der Waals surface area contributed by atoms with Gasteiger partial charge >= 0.3 is 11.9 Å². The van der Waals surface area contributed by atoms with Gasteiger partial charge in [-0.15, -0.1) is 0 Å². The van der Waals surface area contributed by atoms with Crippen LogP contribution in [0.15, 0.2) is 54.7 Å². The number of primary amides is 1. The Morgan fingerprint density at radius 1 is 0.767 bits per heavy atom. The summed E-state index contributed by atoms with van der Waals surface area (Å²) in [6.45, 7) is 0. The minimum absolute atomic E-state index is 0.0447. The van der Waals surface area contributed by atoms with E-state index < -0.39 is 72.6 Å². The Balaban J connectivity index is 1.80. The lowest BCUT2D eigenvalue weighted by Crippen LogP contribution is -2.58. The lowest BCUT2D eigenvalue weighted by Gasteiger charge is -2.24. The molecule has 0 fully saturated rings. The molecule has 0 saturated carbocycles. The summed E-state index contributed by atoms with van der Waals surface area (Å²) >= 11 is 0. The molecule has 1 aromatic heterocycles. The Bertz CT molecular complexity index is 1500. The summed E-state index contributed by atoms with van der Waals surface area (Å²) in [5, 5.41) is 35.8. The molecule has 11 N–H and O–H groups in total. The van der Waals surface area contributed by atoms with Crippen molar-refractivity contribution in [1.82, 2.24) is 20.9 Å². The summed E-state index contributed by atoms with van der Waals surface area (Å²) < 4.78 is 0. The fourth-order valence-corrected chi connectivity index (χ4v) is 4.32. The maximum absolute atomic E-state index is 13.4. The number of aromatic hydroxyl groups is 1. The number of H-pyrrole nitrogens is 1. The molecule has 228 valence electrons. The number of benzene rings is 2. The fourth-order valence-electron chi connectivity index (χ4n) is 4.32. The average molecular weight is 597 g/mol. The number of carbonyl (C=O) groups is 6. The molecule has 2 aromatic carbocycles. The van der Waals surface area contributed by atoms with Crippen LogP contribution in [0.2, 0.25) is 0 Å². The molecule has 3 rings (SSSR count). The van der Waals surface area contributed by atoms with E-state index in [1.165, 1.54) is 24.3 Å². The smallest absolute Gasteiger partial charge is 0.326 e. The summed E-state index contributed by atoms with van der Waals surface area (Å²) in [7, 11) is 0. The molecule has 0 radical (unpaired) electrons. The van der Waals surface area contributed by atoms with Gasteiger partial charge in [0.1, 0.15) is 23.9 Å². The van der Waals surface area contributed by atoms with Crippen LogP contribution in [0.5, 0.6) is 5.75 Å². The third kappa shape index (κ3) is 9.29. The van der Waals surface area contributed by atoms with Crippen LogP contribution in [0.4, 0.5) is 0 Å². The number of aliphatic carboxylic acids is 2. The number of carbonyl (C=O) groups excluding carboxylic acids is 4. The fraction of sp³-hybridized carbons (Fsp3) is 0.286. The van der Waals surface area contributed by atoms with Gasteiger partial charge in [-0.25, -0.2) is 4.79 Å². The van der Waals surface area contributed by atoms with E-state index >= 15 is 0 Å². The normalized spacial score (nSPS) is 13.7. The van der Waals surface area contributed by atoms with Gasteiger partial charge in [0.25, 0.3) is 0 Å². The first-order valence-electron chi connectivity index (χ1n) is 13.1. The van der Waals surface area contributed by atoms with Crippen molar-refractivity contribution in [2.45, 2.75) is 49.9 Å². The zero-order valence-corrected chi connectivity index (χ0v) is 22.8. The number of hydrogen-bond acceptors (Lipinski definition) is 8. The molecule has 1 heterocycles. The summed E-state index contributed by atoms with van der Waals surface area (Å²) in [6.07, 6.45) is -0.0261. The zero-order chi connectivity index (χ0) is 31.7. The number of phenolic OH excluding ortho intramolecular Hbond substituents is 1. The Morgan fingerprint density at radius 3 is 2.00 bits per heavy atom. The van der Waals surface area contributed by atoms with E-state index in [1.54, 1.807) is 6.20 Å². The predicted octanol–water partition coefficient (Wildman–Crippen LogP) is -1.12. The first kappa shape index (κ1) is 32.1. The first-order chi connectivity index (χ1) is 20.3. The second-order valence-electron chi connectivity index (χ2n) is 9.83. The standard InChI is InChI=1S/C28H32N6O9/c29-18(10-15-13-31-19-4-2-1-3-17(15)19)25(39)32-20(9-14-5-7-16(35)8-6-14)26(40)33-21(12-24(37)38)27(41)34-22(28(42)43)11-23(30)36/h1-8,13,18,20-22,31,35H,9-12,29H2,(H2,30,36)(H,32,39)(H,33,40)(H,34,41)(H,37,38)(H,42,43). The molecular formula is C28H32N6O9. The highest BCUT2D eigenvalue weighted by Crippen LogP contribution is 2.19.